The number of fused-ring (bicyclic) bond motifs is 2. The zero-order valence-corrected chi connectivity index (χ0v) is 22.5. The van der Waals surface area contributed by atoms with Crippen molar-refractivity contribution in [3.05, 3.63) is 78.0 Å². The van der Waals surface area contributed by atoms with E-state index in [9.17, 15) is 10.4 Å². The molecule has 3 saturated heterocycles. The molecule has 200 valence electrons. The average molecular weight is 524 g/mol. The molecule has 3 aromatic rings. The molecule has 0 amide bonds. The van der Waals surface area contributed by atoms with Crippen LogP contribution in [0.3, 0.4) is 0 Å². The summed E-state index contributed by atoms with van der Waals surface area (Å²) in [5, 5.41) is 19.7. The van der Waals surface area contributed by atoms with Crippen LogP contribution in [-0.4, -0.2) is 62.8 Å². The van der Waals surface area contributed by atoms with Gasteiger partial charge in [0.05, 0.1) is 24.0 Å². The normalized spacial score (nSPS) is 19.6. The van der Waals surface area contributed by atoms with E-state index in [1.807, 2.05) is 42.7 Å². The number of nitrogens with two attached hydrogens (primary N) is 1. The maximum atomic E-state index is 10.1. The van der Waals surface area contributed by atoms with Gasteiger partial charge >= 0.3 is 0 Å². The van der Waals surface area contributed by atoms with E-state index in [1.165, 1.54) is 18.2 Å². The van der Waals surface area contributed by atoms with Crippen molar-refractivity contribution in [3.63, 3.8) is 0 Å². The van der Waals surface area contributed by atoms with Gasteiger partial charge in [-0.15, -0.1) is 0 Å². The van der Waals surface area contributed by atoms with E-state index in [2.05, 4.69) is 31.9 Å². The first-order chi connectivity index (χ1) is 18.8. The molecule has 3 fully saturated rings. The topological polar surface area (TPSA) is 124 Å². The van der Waals surface area contributed by atoms with Crippen molar-refractivity contribution < 1.29 is 9.84 Å². The molecule has 6 heterocycles. The first-order valence-electron chi connectivity index (χ1n) is 13.0. The highest BCUT2D eigenvalue weighted by Crippen LogP contribution is 2.36. The van der Waals surface area contributed by atoms with Gasteiger partial charge in [-0.05, 0) is 49.6 Å². The minimum absolute atomic E-state index is 0.287. The standard InChI is InChI=1S/C30H33N7O2/c1-30(2,38)9-8-20-10-26(29(35-14-20)23(12-31)13-32)22-5-6-27(33-16-22)36-18-24-11-25(19-36)37(24)17-21-4-7-28(39-3)34-15-21/h4-10,12,14-16,24-25,38H,11,17-19,31H2,1-3H3/b9-8+,23-12-. The van der Waals surface area contributed by atoms with E-state index in [1.54, 1.807) is 33.2 Å². The summed E-state index contributed by atoms with van der Waals surface area (Å²) in [7, 11) is 1.63. The molecular weight excluding hydrogens is 490 g/mol. The highest BCUT2D eigenvalue weighted by atomic mass is 16.5. The molecule has 0 radical (unpaired) electrons. The molecule has 6 rings (SSSR count). The van der Waals surface area contributed by atoms with E-state index < -0.39 is 5.60 Å². The molecule has 3 aromatic heterocycles. The van der Waals surface area contributed by atoms with Crippen molar-refractivity contribution in [2.45, 2.75) is 44.5 Å². The number of nitriles is 1. The monoisotopic (exact) mass is 523 g/mol. The highest BCUT2D eigenvalue weighted by Gasteiger charge is 2.44. The number of aliphatic hydroxyl groups is 1. The summed E-state index contributed by atoms with van der Waals surface area (Å²) < 4.78 is 5.17. The fraction of sp³-hybridized carbons (Fsp3) is 0.333. The Morgan fingerprint density at radius 2 is 1.95 bits per heavy atom. The van der Waals surface area contributed by atoms with Crippen molar-refractivity contribution in [2.75, 3.05) is 25.1 Å². The van der Waals surface area contributed by atoms with Crippen LogP contribution in [0.15, 0.2) is 61.2 Å². The zero-order valence-electron chi connectivity index (χ0n) is 22.5. The second-order valence-corrected chi connectivity index (χ2v) is 10.6. The van der Waals surface area contributed by atoms with Crippen LogP contribution in [0.25, 0.3) is 22.8 Å². The largest absolute Gasteiger partial charge is 0.481 e. The van der Waals surface area contributed by atoms with Gasteiger partial charge in [0, 0.05) is 73.7 Å². The minimum atomic E-state index is -0.951. The maximum absolute atomic E-state index is 10.1. The Morgan fingerprint density at radius 3 is 2.54 bits per heavy atom. The van der Waals surface area contributed by atoms with Crippen LogP contribution in [-0.2, 0) is 6.54 Å². The number of piperazine rings is 1. The lowest BCUT2D eigenvalue weighted by molar-refractivity contribution is -0.00876. The molecule has 0 aliphatic carbocycles. The Bertz CT molecular complexity index is 1410. The van der Waals surface area contributed by atoms with Gasteiger partial charge in [0.15, 0.2) is 0 Å². The fourth-order valence-corrected chi connectivity index (χ4v) is 5.18. The lowest BCUT2D eigenvalue weighted by Gasteiger charge is -2.56. The van der Waals surface area contributed by atoms with Crippen LogP contribution in [0, 0.1) is 11.3 Å². The number of rotatable bonds is 8. The second kappa shape index (κ2) is 10.8. The SMILES string of the molecule is COc1ccc(CN2C3CC2CN(c2ccc(-c4cc(/C=C/C(C)(C)O)cnc4/C(C#N)=C\N)cn2)C3)cn1. The fourth-order valence-electron chi connectivity index (χ4n) is 5.18. The predicted octanol–water partition coefficient (Wildman–Crippen LogP) is 3.62. The molecule has 0 spiro atoms. The number of hydrogen-bond acceptors (Lipinski definition) is 9. The molecule has 2 atom stereocenters. The van der Waals surface area contributed by atoms with Gasteiger partial charge < -0.3 is 20.5 Å². The Balaban J connectivity index is 1.32. The Kier molecular flexibility index (Phi) is 7.33. The van der Waals surface area contributed by atoms with Crippen LogP contribution >= 0.6 is 0 Å². The molecule has 2 unspecified atom stereocenters. The number of allylic oxidation sites excluding steroid dienone is 1. The molecule has 9 nitrogen and oxygen atoms in total. The molecule has 39 heavy (non-hydrogen) atoms. The summed E-state index contributed by atoms with van der Waals surface area (Å²) in [6, 6.07) is 13.0. The molecule has 0 saturated carbocycles. The summed E-state index contributed by atoms with van der Waals surface area (Å²) in [6.45, 7) is 6.14. The third-order valence-corrected chi connectivity index (χ3v) is 7.23. The van der Waals surface area contributed by atoms with Gasteiger partial charge in [0.25, 0.3) is 0 Å². The molecule has 9 heteroatoms. The minimum Gasteiger partial charge on any atom is -0.481 e. The van der Waals surface area contributed by atoms with Gasteiger partial charge in [-0.3, -0.25) is 9.88 Å². The van der Waals surface area contributed by atoms with Crippen LogP contribution in [0.4, 0.5) is 5.82 Å². The summed E-state index contributed by atoms with van der Waals surface area (Å²) in [5.41, 5.74) is 9.14. The second-order valence-electron chi connectivity index (χ2n) is 10.6. The third-order valence-electron chi connectivity index (χ3n) is 7.23. The van der Waals surface area contributed by atoms with Crippen molar-refractivity contribution in [1.82, 2.24) is 19.9 Å². The van der Waals surface area contributed by atoms with Gasteiger partial charge in [0.1, 0.15) is 11.9 Å². The van der Waals surface area contributed by atoms with E-state index in [-0.39, 0.29) is 5.57 Å². The first-order valence-corrected chi connectivity index (χ1v) is 13.0. The number of nitrogens with zero attached hydrogens (tertiary/aromatic N) is 6. The van der Waals surface area contributed by atoms with Crippen LogP contribution in [0.2, 0.25) is 0 Å². The van der Waals surface area contributed by atoms with Crippen molar-refractivity contribution in [1.29, 1.82) is 5.26 Å². The molecule has 3 N–H and O–H groups in total. The van der Waals surface area contributed by atoms with Crippen molar-refractivity contribution in [2.24, 2.45) is 5.73 Å². The maximum Gasteiger partial charge on any atom is 0.212 e. The van der Waals surface area contributed by atoms with Gasteiger partial charge in [-0.25, -0.2) is 9.97 Å². The first kappa shape index (κ1) is 26.4. The number of hydrogen-bond donors (Lipinski definition) is 2. The molecule has 3 aliphatic rings. The van der Waals surface area contributed by atoms with Crippen LogP contribution in [0.5, 0.6) is 5.88 Å². The van der Waals surface area contributed by atoms with Crippen molar-refractivity contribution in [3.8, 4) is 23.1 Å². The number of ether oxygens (including phenoxy) is 1. The summed E-state index contributed by atoms with van der Waals surface area (Å²) in [6.07, 6.45) is 11.4. The average Bonchev–Trinajstić information content (AvgIpc) is 2.96. The van der Waals surface area contributed by atoms with Gasteiger partial charge in [-0.2, -0.15) is 5.26 Å². The number of piperidine rings is 1. The quantitative estimate of drug-likeness (QED) is 0.426. The Hall–Kier alpha value is -4.26. The predicted molar refractivity (Wildman–Crippen MR) is 151 cm³/mol. The number of methoxy groups -OCH3 is 1. The summed E-state index contributed by atoms with van der Waals surface area (Å²) in [5.74, 6) is 1.56. The van der Waals surface area contributed by atoms with Crippen LogP contribution < -0.4 is 15.4 Å². The van der Waals surface area contributed by atoms with E-state index >= 15 is 0 Å². The summed E-state index contributed by atoms with van der Waals surface area (Å²) in [4.78, 5) is 18.5. The lowest BCUT2D eigenvalue weighted by atomic mass is 9.87. The molecule has 3 aliphatic heterocycles. The van der Waals surface area contributed by atoms with Crippen molar-refractivity contribution >= 4 is 17.5 Å². The van der Waals surface area contributed by atoms with E-state index in [0.717, 1.165) is 42.1 Å². The smallest absolute Gasteiger partial charge is 0.212 e. The number of aromatic nitrogens is 3. The molecule has 0 aromatic carbocycles. The molecular formula is C30H33N7O2. The van der Waals surface area contributed by atoms with Gasteiger partial charge in [-0.1, -0.05) is 18.2 Å². The van der Waals surface area contributed by atoms with Gasteiger partial charge in [0.2, 0.25) is 5.88 Å². The Labute approximate surface area is 228 Å². The molecule has 2 bridgehead atoms. The Morgan fingerprint density at radius 1 is 1.15 bits per heavy atom. The third kappa shape index (κ3) is 5.77. The van der Waals surface area contributed by atoms with Crippen LogP contribution in [0.1, 0.15) is 37.1 Å². The van der Waals surface area contributed by atoms with E-state index in [0.29, 0.717) is 23.7 Å². The lowest BCUT2D eigenvalue weighted by Crippen LogP contribution is -2.68. The zero-order chi connectivity index (χ0) is 27.6. The summed E-state index contributed by atoms with van der Waals surface area (Å²) >= 11 is 0. The number of pyridine rings is 3. The highest BCUT2D eigenvalue weighted by molar-refractivity contribution is 5.85. The number of anilines is 1. The van der Waals surface area contributed by atoms with E-state index in [4.69, 9.17) is 15.5 Å².